The average Bonchev–Trinajstić information content (AvgIpc) is 3.21. The molecule has 2 heterocycles. The van der Waals surface area contributed by atoms with Gasteiger partial charge in [-0.3, -0.25) is 14.6 Å². The molecule has 1 aromatic carbocycles. The largest absolute Gasteiger partial charge is 0.466 e. The Labute approximate surface area is 191 Å². The van der Waals surface area contributed by atoms with Crippen molar-refractivity contribution in [2.45, 2.75) is 31.1 Å². The predicted molar refractivity (Wildman–Crippen MR) is 122 cm³/mol. The lowest BCUT2D eigenvalue weighted by atomic mass is 10.1. The van der Waals surface area contributed by atoms with Crippen LogP contribution in [0, 0.1) is 0 Å². The molecule has 0 aliphatic heterocycles. The first-order valence-corrected chi connectivity index (χ1v) is 12.5. The molecule has 1 N–H and O–H groups in total. The summed E-state index contributed by atoms with van der Waals surface area (Å²) >= 11 is 1.31. The zero-order chi connectivity index (χ0) is 23.0. The summed E-state index contributed by atoms with van der Waals surface area (Å²) in [5.41, 5.74) is 1.19. The Morgan fingerprint density at radius 2 is 1.88 bits per heavy atom. The van der Waals surface area contributed by atoms with E-state index in [-0.39, 0.29) is 29.6 Å². The number of benzene rings is 1. The van der Waals surface area contributed by atoms with E-state index in [2.05, 4.69) is 9.71 Å². The van der Waals surface area contributed by atoms with Crippen LogP contribution in [0.2, 0.25) is 0 Å². The molecule has 0 fully saturated rings. The molecule has 0 radical (unpaired) electrons. The van der Waals surface area contributed by atoms with E-state index in [1.165, 1.54) is 29.7 Å². The molecule has 9 heteroatoms. The number of esters is 1. The number of hydrogen-bond donors (Lipinski definition) is 1. The first-order valence-electron chi connectivity index (χ1n) is 10.2. The van der Waals surface area contributed by atoms with Gasteiger partial charge in [0.25, 0.3) is 0 Å². The Hall–Kier alpha value is -2.88. The molecule has 0 atom stereocenters. The smallest absolute Gasteiger partial charge is 0.306 e. The molecule has 0 bridgehead atoms. The van der Waals surface area contributed by atoms with Gasteiger partial charge in [-0.25, -0.2) is 13.1 Å². The summed E-state index contributed by atoms with van der Waals surface area (Å²) in [6.45, 7) is 2.21. The fourth-order valence-electron chi connectivity index (χ4n) is 3.08. The number of nitrogens with one attached hydrogen (secondary N) is 1. The van der Waals surface area contributed by atoms with Crippen LogP contribution in [0.4, 0.5) is 0 Å². The van der Waals surface area contributed by atoms with E-state index in [0.717, 1.165) is 10.4 Å². The molecule has 0 amide bonds. The van der Waals surface area contributed by atoms with Crippen LogP contribution in [0.1, 0.15) is 39.0 Å². The number of aromatic nitrogens is 1. The Balaban J connectivity index is 1.76. The highest BCUT2D eigenvalue weighted by molar-refractivity contribution is 7.89. The molecule has 0 spiro atoms. The van der Waals surface area contributed by atoms with Crippen molar-refractivity contribution in [3.63, 3.8) is 0 Å². The molecule has 2 aromatic heterocycles. The van der Waals surface area contributed by atoms with Crippen LogP contribution in [0.3, 0.4) is 0 Å². The van der Waals surface area contributed by atoms with Crippen LogP contribution in [0.15, 0.2) is 65.8 Å². The highest BCUT2D eigenvalue weighted by Crippen LogP contribution is 2.27. The third-order valence-electron chi connectivity index (χ3n) is 4.61. The van der Waals surface area contributed by atoms with Gasteiger partial charge in [0.2, 0.25) is 15.8 Å². The van der Waals surface area contributed by atoms with Crippen molar-refractivity contribution < 1.29 is 22.7 Å². The van der Waals surface area contributed by atoms with Gasteiger partial charge >= 0.3 is 5.97 Å². The van der Waals surface area contributed by atoms with Gasteiger partial charge in [-0.05, 0) is 55.7 Å². The number of aryl methyl sites for hydroxylation is 1. The summed E-state index contributed by atoms with van der Waals surface area (Å²) in [6.07, 6.45) is 4.10. The minimum atomic E-state index is -3.64. The molecule has 0 aliphatic rings. The lowest BCUT2D eigenvalue weighted by molar-refractivity contribution is -0.143. The van der Waals surface area contributed by atoms with E-state index in [1.54, 1.807) is 43.5 Å². The number of hydrogen-bond acceptors (Lipinski definition) is 7. The number of ketones is 1. The van der Waals surface area contributed by atoms with Gasteiger partial charge < -0.3 is 4.74 Å². The van der Waals surface area contributed by atoms with Crippen molar-refractivity contribution in [1.82, 2.24) is 9.71 Å². The number of ether oxygens (including phenoxy) is 1. The van der Waals surface area contributed by atoms with Crippen molar-refractivity contribution in [3.05, 3.63) is 81.8 Å². The van der Waals surface area contributed by atoms with Crippen molar-refractivity contribution in [2.75, 3.05) is 13.2 Å². The molecule has 3 aromatic rings. The minimum Gasteiger partial charge on any atom is -0.466 e. The summed E-state index contributed by atoms with van der Waals surface area (Å²) in [6, 6.07) is 13.4. The van der Waals surface area contributed by atoms with Gasteiger partial charge in [0.15, 0.2) is 0 Å². The Kier molecular flexibility index (Phi) is 8.26. The molecule has 168 valence electrons. The lowest BCUT2D eigenvalue weighted by Gasteiger charge is -2.07. The van der Waals surface area contributed by atoms with E-state index in [0.29, 0.717) is 29.9 Å². The van der Waals surface area contributed by atoms with Crippen LogP contribution < -0.4 is 4.72 Å². The predicted octanol–water partition coefficient (Wildman–Crippen LogP) is 3.39. The van der Waals surface area contributed by atoms with Crippen molar-refractivity contribution in [3.8, 4) is 0 Å². The van der Waals surface area contributed by atoms with Crippen LogP contribution in [0.5, 0.6) is 0 Å². The zero-order valence-electron chi connectivity index (χ0n) is 17.6. The highest BCUT2D eigenvalue weighted by Gasteiger charge is 2.20. The Morgan fingerprint density at radius 1 is 1.09 bits per heavy atom. The molecule has 0 unspecified atom stereocenters. The fourth-order valence-corrected chi connectivity index (χ4v) is 5.30. The maximum Gasteiger partial charge on any atom is 0.306 e. The SMILES string of the molecule is CCOC(=O)CCc1cc(CCNS(=O)(=O)c2ccccc2)c(C(=O)c2cccnc2)s1. The number of nitrogens with zero attached hydrogens (tertiary/aromatic N) is 1. The number of rotatable bonds is 11. The van der Waals surface area contributed by atoms with Crippen molar-refractivity contribution >= 4 is 33.1 Å². The molecule has 7 nitrogen and oxygen atoms in total. The maximum atomic E-state index is 13.0. The van der Waals surface area contributed by atoms with Gasteiger partial charge in [-0.15, -0.1) is 11.3 Å². The molecular formula is C23H24N2O5S2. The summed E-state index contributed by atoms with van der Waals surface area (Å²) in [7, 11) is -3.64. The average molecular weight is 473 g/mol. The van der Waals surface area contributed by atoms with Crippen LogP contribution in [-0.4, -0.2) is 38.3 Å². The first kappa shape index (κ1) is 23.8. The number of carbonyl (C=O) groups is 2. The van der Waals surface area contributed by atoms with Crippen molar-refractivity contribution in [1.29, 1.82) is 0 Å². The number of pyridine rings is 1. The van der Waals surface area contributed by atoms with Gasteiger partial charge in [0.1, 0.15) is 0 Å². The van der Waals surface area contributed by atoms with Crippen LogP contribution >= 0.6 is 11.3 Å². The third kappa shape index (κ3) is 6.32. The Morgan fingerprint density at radius 3 is 2.56 bits per heavy atom. The monoisotopic (exact) mass is 472 g/mol. The summed E-state index contributed by atoms with van der Waals surface area (Å²) in [5.74, 6) is -0.468. The second-order valence-electron chi connectivity index (χ2n) is 6.90. The van der Waals surface area contributed by atoms with Crippen molar-refractivity contribution in [2.24, 2.45) is 0 Å². The Bertz CT molecular complexity index is 1160. The molecule has 3 rings (SSSR count). The summed E-state index contributed by atoms with van der Waals surface area (Å²) in [5, 5.41) is 0. The van der Waals surface area contributed by atoms with Gasteiger partial charge in [-0.2, -0.15) is 0 Å². The third-order valence-corrected chi connectivity index (χ3v) is 7.32. The molecule has 0 aliphatic carbocycles. The fraction of sp³-hybridized carbons (Fsp3) is 0.261. The number of sulfonamides is 1. The first-order chi connectivity index (χ1) is 15.4. The molecule has 32 heavy (non-hydrogen) atoms. The van der Waals surface area contributed by atoms with E-state index >= 15 is 0 Å². The highest BCUT2D eigenvalue weighted by atomic mass is 32.2. The van der Waals surface area contributed by atoms with Crippen LogP contribution in [0.25, 0.3) is 0 Å². The van der Waals surface area contributed by atoms with E-state index in [9.17, 15) is 18.0 Å². The lowest BCUT2D eigenvalue weighted by Crippen LogP contribution is -2.26. The quantitative estimate of drug-likeness (QED) is 0.339. The number of carbonyl (C=O) groups excluding carboxylic acids is 2. The second kappa shape index (κ2) is 11.1. The normalized spacial score (nSPS) is 11.3. The molecule has 0 saturated heterocycles. The number of thiophene rings is 1. The van der Waals surface area contributed by atoms with E-state index in [1.807, 2.05) is 6.07 Å². The minimum absolute atomic E-state index is 0.137. The topological polar surface area (TPSA) is 102 Å². The summed E-state index contributed by atoms with van der Waals surface area (Å²) < 4.78 is 32.5. The van der Waals surface area contributed by atoms with Crippen LogP contribution in [-0.2, 0) is 32.4 Å². The van der Waals surface area contributed by atoms with E-state index in [4.69, 9.17) is 4.74 Å². The molecular weight excluding hydrogens is 448 g/mol. The van der Waals surface area contributed by atoms with Gasteiger partial charge in [-0.1, -0.05) is 18.2 Å². The van der Waals surface area contributed by atoms with Gasteiger partial charge in [0, 0.05) is 29.4 Å². The van der Waals surface area contributed by atoms with Gasteiger partial charge in [0.05, 0.1) is 22.8 Å². The zero-order valence-corrected chi connectivity index (χ0v) is 19.2. The second-order valence-corrected chi connectivity index (χ2v) is 9.81. The molecule has 0 saturated carbocycles. The maximum absolute atomic E-state index is 13.0. The summed E-state index contributed by atoms with van der Waals surface area (Å²) in [4.78, 5) is 30.3. The standard InChI is InChI=1S/C23H24N2O5S2/c1-2-30-21(26)11-10-19-15-17(23(31-19)22(27)18-7-6-13-24-16-18)12-14-25-32(28,29)20-8-4-3-5-9-20/h3-9,13,15-16,25H,2,10-12,14H2,1H3. The van der Waals surface area contributed by atoms with E-state index < -0.39 is 10.0 Å².